The first kappa shape index (κ1) is 12.4. The van der Waals surface area contributed by atoms with Crippen LogP contribution in [0.1, 0.15) is 11.3 Å². The molecule has 0 saturated heterocycles. The van der Waals surface area contributed by atoms with Gasteiger partial charge in [-0.1, -0.05) is 30.3 Å². The Morgan fingerprint density at radius 1 is 0.944 bits per heavy atom. The van der Waals surface area contributed by atoms with Crippen molar-refractivity contribution in [1.82, 2.24) is 0 Å². The van der Waals surface area contributed by atoms with Crippen LogP contribution < -0.4 is 9.47 Å². The van der Waals surface area contributed by atoms with Gasteiger partial charge in [0.05, 0.1) is 0 Å². The van der Waals surface area contributed by atoms with Crippen molar-refractivity contribution in [2.75, 3.05) is 19.0 Å². The molecular formula is C16H19N2+. The summed E-state index contributed by atoms with van der Waals surface area (Å²) in [6.07, 6.45) is 6.37. The highest BCUT2D eigenvalue weighted by Crippen LogP contribution is 2.16. The molecule has 0 aliphatic carbocycles. The number of nitrogens with zero attached hydrogens (tertiary/aromatic N) is 2. The molecule has 0 aliphatic heterocycles. The number of hydrogen-bond acceptors (Lipinski definition) is 1. The molecule has 0 fully saturated rings. The summed E-state index contributed by atoms with van der Waals surface area (Å²) >= 11 is 0. The molecule has 0 N–H and O–H groups in total. The zero-order valence-electron chi connectivity index (χ0n) is 11.2. The quantitative estimate of drug-likeness (QED) is 0.747. The summed E-state index contributed by atoms with van der Waals surface area (Å²) < 4.78 is 2.13. The maximum Gasteiger partial charge on any atom is 0.228 e. The van der Waals surface area contributed by atoms with E-state index in [2.05, 4.69) is 85.4 Å². The number of rotatable bonds is 3. The van der Waals surface area contributed by atoms with Crippen LogP contribution in [-0.4, -0.2) is 14.1 Å². The van der Waals surface area contributed by atoms with E-state index in [1.807, 2.05) is 6.07 Å². The lowest BCUT2D eigenvalue weighted by molar-refractivity contribution is -0.672. The molecule has 0 spiro atoms. The Morgan fingerprint density at radius 3 is 2.33 bits per heavy atom. The summed E-state index contributed by atoms with van der Waals surface area (Å²) in [7, 11) is 6.20. The highest BCUT2D eigenvalue weighted by molar-refractivity contribution is 5.73. The molecule has 1 aromatic carbocycles. The fourth-order valence-electron chi connectivity index (χ4n) is 1.93. The smallest absolute Gasteiger partial charge is 0.228 e. The molecule has 2 nitrogen and oxygen atoms in total. The fourth-order valence-corrected chi connectivity index (χ4v) is 1.93. The van der Waals surface area contributed by atoms with Gasteiger partial charge in [0.15, 0.2) is 6.20 Å². The third-order valence-electron chi connectivity index (χ3n) is 2.92. The van der Waals surface area contributed by atoms with E-state index in [4.69, 9.17) is 0 Å². The Balaban J connectivity index is 2.37. The highest BCUT2D eigenvalue weighted by Gasteiger charge is 2.10. The molecule has 0 atom stereocenters. The van der Waals surface area contributed by atoms with Crippen LogP contribution in [0.25, 0.3) is 12.2 Å². The largest absolute Gasteiger partial charge is 0.372 e. The van der Waals surface area contributed by atoms with Crippen molar-refractivity contribution < 1.29 is 4.57 Å². The van der Waals surface area contributed by atoms with E-state index in [-0.39, 0.29) is 0 Å². The first-order valence-corrected chi connectivity index (χ1v) is 6.07. The Hall–Kier alpha value is -2.09. The molecule has 0 amide bonds. The van der Waals surface area contributed by atoms with Crippen LogP contribution in [0.4, 0.5) is 5.69 Å². The van der Waals surface area contributed by atoms with Crippen LogP contribution in [0.2, 0.25) is 0 Å². The Morgan fingerprint density at radius 2 is 1.67 bits per heavy atom. The van der Waals surface area contributed by atoms with Crippen LogP contribution in [0.3, 0.4) is 0 Å². The minimum Gasteiger partial charge on any atom is -0.372 e. The molecule has 0 bridgehead atoms. The first-order chi connectivity index (χ1) is 8.68. The van der Waals surface area contributed by atoms with Gasteiger partial charge in [-0.05, 0) is 17.7 Å². The van der Waals surface area contributed by atoms with E-state index in [1.54, 1.807) is 0 Å². The molecule has 18 heavy (non-hydrogen) atoms. The predicted molar refractivity (Wildman–Crippen MR) is 77.3 cm³/mol. The minimum atomic E-state index is 1.20. The summed E-state index contributed by atoms with van der Waals surface area (Å²) in [4.78, 5) is 2.13. The van der Waals surface area contributed by atoms with Gasteiger partial charge in [-0.15, -0.1) is 0 Å². The average molecular weight is 239 g/mol. The topological polar surface area (TPSA) is 7.12 Å². The van der Waals surface area contributed by atoms with Gasteiger partial charge in [0.25, 0.3) is 0 Å². The van der Waals surface area contributed by atoms with Gasteiger partial charge < -0.3 is 4.90 Å². The normalized spacial score (nSPS) is 10.8. The number of hydrogen-bond donors (Lipinski definition) is 0. The SMILES string of the molecule is CN(C)c1ccc[n+](C)c1C=Cc1ccccc1. The third-order valence-corrected chi connectivity index (χ3v) is 2.92. The molecule has 1 aromatic heterocycles. The molecule has 0 radical (unpaired) electrons. The van der Waals surface area contributed by atoms with Crippen molar-refractivity contribution in [3.05, 3.63) is 59.9 Å². The van der Waals surface area contributed by atoms with Gasteiger partial charge in [-0.2, -0.15) is 4.57 Å². The molecule has 92 valence electrons. The van der Waals surface area contributed by atoms with E-state index < -0.39 is 0 Å². The molecule has 0 saturated carbocycles. The summed E-state index contributed by atoms with van der Waals surface area (Å²) in [6.45, 7) is 0. The Bertz CT molecular complexity index is 542. The van der Waals surface area contributed by atoms with E-state index >= 15 is 0 Å². The number of pyridine rings is 1. The monoisotopic (exact) mass is 239 g/mol. The third kappa shape index (κ3) is 2.77. The lowest BCUT2D eigenvalue weighted by Crippen LogP contribution is -2.33. The molecule has 2 heteroatoms. The number of anilines is 1. The number of aromatic nitrogens is 1. The maximum atomic E-state index is 2.16. The van der Waals surface area contributed by atoms with Crippen molar-refractivity contribution >= 4 is 17.8 Å². The van der Waals surface area contributed by atoms with Crippen LogP contribution in [0.15, 0.2) is 48.7 Å². The molecule has 1 heterocycles. The standard InChI is InChI=1S/C16H19N2/c1-17(2)15-10-7-13-18(3)16(15)12-11-14-8-5-4-6-9-14/h4-13H,1-3H3/q+1. The van der Waals surface area contributed by atoms with E-state index in [9.17, 15) is 0 Å². The lowest BCUT2D eigenvalue weighted by atomic mass is 10.2. The molecule has 0 unspecified atom stereocenters. The van der Waals surface area contributed by atoms with Crippen LogP contribution >= 0.6 is 0 Å². The molecule has 0 aliphatic rings. The zero-order valence-corrected chi connectivity index (χ0v) is 11.2. The van der Waals surface area contributed by atoms with Crippen LogP contribution in [-0.2, 0) is 7.05 Å². The Labute approximate surface area is 109 Å². The summed E-state index contributed by atoms with van der Waals surface area (Å²) in [6, 6.07) is 14.5. The summed E-state index contributed by atoms with van der Waals surface area (Å²) in [5, 5.41) is 0. The van der Waals surface area contributed by atoms with Crippen molar-refractivity contribution in [2.24, 2.45) is 7.05 Å². The van der Waals surface area contributed by atoms with Crippen LogP contribution in [0, 0.1) is 0 Å². The lowest BCUT2D eigenvalue weighted by Gasteiger charge is -2.12. The van der Waals surface area contributed by atoms with E-state index in [0.717, 1.165) is 0 Å². The maximum absolute atomic E-state index is 2.16. The van der Waals surface area contributed by atoms with Gasteiger partial charge in [0.1, 0.15) is 12.7 Å². The van der Waals surface area contributed by atoms with Crippen molar-refractivity contribution in [3.8, 4) is 0 Å². The Kier molecular flexibility index (Phi) is 3.78. The molecular weight excluding hydrogens is 220 g/mol. The molecule has 2 aromatic rings. The van der Waals surface area contributed by atoms with Crippen LogP contribution in [0.5, 0.6) is 0 Å². The number of aryl methyl sites for hydroxylation is 1. The predicted octanol–water partition coefficient (Wildman–Crippen LogP) is 2.75. The van der Waals surface area contributed by atoms with E-state index in [0.29, 0.717) is 0 Å². The van der Waals surface area contributed by atoms with Crippen molar-refractivity contribution in [2.45, 2.75) is 0 Å². The second-order valence-electron chi connectivity index (χ2n) is 4.53. The molecule has 2 rings (SSSR count). The van der Waals surface area contributed by atoms with Crippen molar-refractivity contribution in [3.63, 3.8) is 0 Å². The number of benzene rings is 1. The van der Waals surface area contributed by atoms with Gasteiger partial charge in [0, 0.05) is 26.2 Å². The van der Waals surface area contributed by atoms with Gasteiger partial charge in [0.2, 0.25) is 5.69 Å². The average Bonchev–Trinajstić information content (AvgIpc) is 2.38. The van der Waals surface area contributed by atoms with E-state index in [1.165, 1.54) is 16.9 Å². The summed E-state index contributed by atoms with van der Waals surface area (Å²) in [5.74, 6) is 0. The highest BCUT2D eigenvalue weighted by atomic mass is 15.1. The minimum absolute atomic E-state index is 1.20. The second-order valence-corrected chi connectivity index (χ2v) is 4.53. The van der Waals surface area contributed by atoms with Crippen molar-refractivity contribution in [1.29, 1.82) is 0 Å². The second kappa shape index (κ2) is 5.50. The first-order valence-electron chi connectivity index (χ1n) is 6.07. The fraction of sp³-hybridized carbons (Fsp3) is 0.188. The van der Waals surface area contributed by atoms with Gasteiger partial charge in [-0.25, -0.2) is 0 Å². The van der Waals surface area contributed by atoms with Gasteiger partial charge >= 0.3 is 0 Å². The zero-order chi connectivity index (χ0) is 13.0. The summed E-state index contributed by atoms with van der Waals surface area (Å²) in [5.41, 5.74) is 3.63. The van der Waals surface area contributed by atoms with Gasteiger partial charge in [-0.3, -0.25) is 0 Å².